The summed E-state index contributed by atoms with van der Waals surface area (Å²) >= 11 is 0. The molecule has 7 heteroatoms. The van der Waals surface area contributed by atoms with E-state index in [1.807, 2.05) is 34.9 Å². The van der Waals surface area contributed by atoms with Gasteiger partial charge in [-0.25, -0.2) is 8.42 Å². The summed E-state index contributed by atoms with van der Waals surface area (Å²) in [6.45, 7) is 2.06. The Hall–Kier alpha value is -2.12. The lowest BCUT2D eigenvalue weighted by atomic mass is 9.93. The van der Waals surface area contributed by atoms with Gasteiger partial charge in [-0.2, -0.15) is 4.31 Å². The molecule has 0 bridgehead atoms. The molecule has 1 aliphatic rings. The molecule has 132 valence electrons. The maximum absolute atomic E-state index is 12.5. The fraction of sp³-hybridized carbons (Fsp3) is 0.389. The van der Waals surface area contributed by atoms with Gasteiger partial charge < -0.3 is 9.38 Å². The van der Waals surface area contributed by atoms with Crippen LogP contribution >= 0.6 is 0 Å². The van der Waals surface area contributed by atoms with Gasteiger partial charge in [-0.1, -0.05) is 12.5 Å². The average molecular weight is 359 g/mol. The number of hydrogen-bond donors (Lipinski definition) is 1. The molecule has 0 aliphatic heterocycles. The van der Waals surface area contributed by atoms with Crippen molar-refractivity contribution in [2.45, 2.75) is 38.8 Å². The number of nitrogens with zero attached hydrogens (tertiary/aromatic N) is 2. The third-order valence-corrected chi connectivity index (χ3v) is 6.97. The van der Waals surface area contributed by atoms with Gasteiger partial charge in [0.05, 0.1) is 16.8 Å². The molecule has 0 unspecified atom stereocenters. The molecule has 0 amide bonds. The van der Waals surface area contributed by atoms with Gasteiger partial charge in [-0.05, 0) is 49.6 Å². The predicted octanol–water partition coefficient (Wildman–Crippen LogP) is 2.49. The van der Waals surface area contributed by atoms with E-state index in [1.165, 1.54) is 0 Å². The first-order valence-electron chi connectivity index (χ1n) is 8.61. The van der Waals surface area contributed by atoms with E-state index < -0.39 is 10.0 Å². The maximum Gasteiger partial charge on any atom is 0.272 e. The molecule has 2 aromatic heterocycles. The summed E-state index contributed by atoms with van der Waals surface area (Å²) in [7, 11) is -3.24. The summed E-state index contributed by atoms with van der Waals surface area (Å²) in [4.78, 5) is 14.9. The summed E-state index contributed by atoms with van der Waals surface area (Å²) in [5, 5.41) is 0. The second-order valence-corrected chi connectivity index (χ2v) is 8.81. The van der Waals surface area contributed by atoms with E-state index >= 15 is 0 Å². The molecule has 1 saturated carbocycles. The highest BCUT2D eigenvalue weighted by atomic mass is 32.2. The van der Waals surface area contributed by atoms with Gasteiger partial charge in [0.15, 0.2) is 0 Å². The van der Waals surface area contributed by atoms with Crippen LogP contribution in [0.3, 0.4) is 0 Å². The topological polar surface area (TPSA) is 74.7 Å². The van der Waals surface area contributed by atoms with E-state index in [-0.39, 0.29) is 17.4 Å². The minimum absolute atomic E-state index is 0.114. The SMILES string of the molecule is CCS(=O)(=O)N(Cc1ccc2[nH]c(=O)c3cccn3c2c1)C1CCC1. The van der Waals surface area contributed by atoms with Gasteiger partial charge in [0.1, 0.15) is 5.52 Å². The minimum Gasteiger partial charge on any atom is -0.319 e. The molecular weight excluding hydrogens is 338 g/mol. The molecule has 1 aliphatic carbocycles. The molecule has 6 nitrogen and oxygen atoms in total. The number of aromatic nitrogens is 2. The largest absolute Gasteiger partial charge is 0.319 e. The lowest BCUT2D eigenvalue weighted by molar-refractivity contribution is 0.214. The van der Waals surface area contributed by atoms with Crippen LogP contribution in [0.4, 0.5) is 0 Å². The Balaban J connectivity index is 1.78. The Morgan fingerprint density at radius 2 is 2.04 bits per heavy atom. The van der Waals surface area contributed by atoms with Crippen molar-refractivity contribution in [2.24, 2.45) is 0 Å². The highest BCUT2D eigenvalue weighted by Crippen LogP contribution is 2.29. The van der Waals surface area contributed by atoms with Crippen molar-refractivity contribution in [1.29, 1.82) is 0 Å². The van der Waals surface area contributed by atoms with Gasteiger partial charge in [0.2, 0.25) is 10.0 Å². The number of hydrogen-bond acceptors (Lipinski definition) is 3. The Morgan fingerprint density at radius 1 is 1.24 bits per heavy atom. The number of fused-ring (bicyclic) bond motifs is 3. The smallest absolute Gasteiger partial charge is 0.272 e. The third-order valence-electron chi connectivity index (χ3n) is 5.09. The van der Waals surface area contributed by atoms with Crippen LogP contribution in [0.2, 0.25) is 0 Å². The fourth-order valence-electron chi connectivity index (χ4n) is 3.42. The number of aromatic amines is 1. The lowest BCUT2D eigenvalue weighted by Gasteiger charge is -2.36. The number of H-pyrrole nitrogens is 1. The zero-order valence-corrected chi connectivity index (χ0v) is 14.9. The normalized spacial score (nSPS) is 15.9. The van der Waals surface area contributed by atoms with Crippen molar-refractivity contribution in [3.05, 3.63) is 52.4 Å². The molecule has 1 aromatic carbocycles. The molecular formula is C18H21N3O3S. The van der Waals surface area contributed by atoms with Gasteiger partial charge in [0.25, 0.3) is 5.56 Å². The molecule has 0 radical (unpaired) electrons. The van der Waals surface area contributed by atoms with E-state index in [0.29, 0.717) is 12.1 Å². The van der Waals surface area contributed by atoms with Crippen LogP contribution in [0, 0.1) is 0 Å². The Bertz CT molecular complexity index is 1090. The molecule has 0 spiro atoms. The zero-order chi connectivity index (χ0) is 17.6. The van der Waals surface area contributed by atoms with Crippen molar-refractivity contribution in [3.63, 3.8) is 0 Å². The van der Waals surface area contributed by atoms with Gasteiger partial charge >= 0.3 is 0 Å². The molecule has 2 heterocycles. The first kappa shape index (κ1) is 16.4. The first-order valence-corrected chi connectivity index (χ1v) is 10.2. The summed E-state index contributed by atoms with van der Waals surface area (Å²) < 4.78 is 28.5. The molecule has 4 rings (SSSR count). The first-order chi connectivity index (χ1) is 12.0. The summed E-state index contributed by atoms with van der Waals surface area (Å²) in [6.07, 6.45) is 4.80. The van der Waals surface area contributed by atoms with Crippen molar-refractivity contribution < 1.29 is 8.42 Å². The van der Waals surface area contributed by atoms with Crippen molar-refractivity contribution in [3.8, 4) is 0 Å². The second kappa shape index (κ2) is 6.00. The molecule has 3 aromatic rings. The highest BCUT2D eigenvalue weighted by Gasteiger charge is 2.32. The second-order valence-electron chi connectivity index (χ2n) is 6.60. The maximum atomic E-state index is 12.5. The molecule has 1 fully saturated rings. The number of rotatable bonds is 5. The average Bonchev–Trinajstić information content (AvgIpc) is 3.04. The number of benzene rings is 1. The van der Waals surface area contributed by atoms with Crippen LogP contribution < -0.4 is 5.56 Å². The Labute approximate surface area is 146 Å². The van der Waals surface area contributed by atoms with Crippen molar-refractivity contribution >= 4 is 26.6 Å². The van der Waals surface area contributed by atoms with Crippen LogP contribution in [0.1, 0.15) is 31.7 Å². The van der Waals surface area contributed by atoms with E-state index in [1.54, 1.807) is 17.3 Å². The molecule has 1 N–H and O–H groups in total. The van der Waals surface area contributed by atoms with E-state index in [0.717, 1.165) is 35.9 Å². The molecule has 0 atom stereocenters. The van der Waals surface area contributed by atoms with Crippen molar-refractivity contribution in [1.82, 2.24) is 13.7 Å². The number of nitrogens with one attached hydrogen (secondary N) is 1. The predicted molar refractivity (Wildman–Crippen MR) is 98.2 cm³/mol. The van der Waals surface area contributed by atoms with Crippen LogP contribution in [-0.4, -0.2) is 33.9 Å². The quantitative estimate of drug-likeness (QED) is 0.760. The lowest BCUT2D eigenvalue weighted by Crippen LogP contribution is -2.44. The van der Waals surface area contributed by atoms with Crippen LogP contribution in [-0.2, 0) is 16.6 Å². The van der Waals surface area contributed by atoms with Gasteiger partial charge in [0, 0.05) is 18.8 Å². The highest BCUT2D eigenvalue weighted by molar-refractivity contribution is 7.89. The summed E-state index contributed by atoms with van der Waals surface area (Å²) in [6, 6.07) is 9.43. The van der Waals surface area contributed by atoms with E-state index in [9.17, 15) is 13.2 Å². The van der Waals surface area contributed by atoms with Crippen LogP contribution in [0.5, 0.6) is 0 Å². The van der Waals surface area contributed by atoms with Gasteiger partial charge in [-0.15, -0.1) is 0 Å². The van der Waals surface area contributed by atoms with E-state index in [2.05, 4.69) is 4.98 Å². The van der Waals surface area contributed by atoms with Gasteiger partial charge in [-0.3, -0.25) is 4.79 Å². The zero-order valence-electron chi connectivity index (χ0n) is 14.1. The van der Waals surface area contributed by atoms with E-state index in [4.69, 9.17) is 0 Å². The number of sulfonamides is 1. The van der Waals surface area contributed by atoms with Crippen LogP contribution in [0.25, 0.3) is 16.6 Å². The molecule has 25 heavy (non-hydrogen) atoms. The Kier molecular flexibility index (Phi) is 3.92. The minimum atomic E-state index is -3.24. The van der Waals surface area contributed by atoms with Crippen molar-refractivity contribution in [2.75, 3.05) is 5.75 Å². The molecule has 0 saturated heterocycles. The monoisotopic (exact) mass is 359 g/mol. The standard InChI is InChI=1S/C18H21N3O3S/c1-2-25(23,24)21(14-5-3-6-14)12-13-8-9-15-17(11-13)20-10-4-7-16(20)18(22)19-15/h4,7-11,14H,2-3,5-6,12H2,1H3,(H,19,22). The summed E-state index contributed by atoms with van der Waals surface area (Å²) in [5.74, 6) is 0.117. The Morgan fingerprint density at radius 3 is 2.72 bits per heavy atom. The fourth-order valence-corrected chi connectivity index (χ4v) is 4.76. The summed E-state index contributed by atoms with van der Waals surface area (Å²) in [5.41, 5.74) is 3.00. The van der Waals surface area contributed by atoms with Crippen LogP contribution in [0.15, 0.2) is 41.3 Å². The third kappa shape index (κ3) is 2.77.